The summed E-state index contributed by atoms with van der Waals surface area (Å²) < 4.78 is 0. The van der Waals surface area contributed by atoms with Gasteiger partial charge in [-0.2, -0.15) is 0 Å². The van der Waals surface area contributed by atoms with Gasteiger partial charge in [0.15, 0.2) is 0 Å². The molecular weight excluding hydrogens is 234 g/mol. The van der Waals surface area contributed by atoms with Crippen molar-refractivity contribution < 1.29 is 0 Å². The Labute approximate surface area is 118 Å². The molecule has 1 heterocycles. The number of aryl methyl sites for hydroxylation is 1. The van der Waals surface area contributed by atoms with Gasteiger partial charge in [0, 0.05) is 25.3 Å². The van der Waals surface area contributed by atoms with E-state index in [1.54, 1.807) is 0 Å². The van der Waals surface area contributed by atoms with Crippen LogP contribution in [0, 0.1) is 6.92 Å². The van der Waals surface area contributed by atoms with Crippen LogP contribution in [0.15, 0.2) is 12.1 Å². The normalized spacial score (nSPS) is 11.1. The summed E-state index contributed by atoms with van der Waals surface area (Å²) >= 11 is 0. The fourth-order valence-corrected chi connectivity index (χ4v) is 2.44. The Bertz CT molecular complexity index is 372. The van der Waals surface area contributed by atoms with Crippen LogP contribution in [0.4, 0.5) is 5.82 Å². The first-order valence-corrected chi connectivity index (χ1v) is 7.53. The minimum Gasteiger partial charge on any atom is -0.357 e. The summed E-state index contributed by atoms with van der Waals surface area (Å²) in [6, 6.07) is 4.96. The molecule has 108 valence electrons. The Balaban J connectivity index is 2.83. The molecule has 0 fully saturated rings. The molecule has 0 atom stereocenters. The largest absolute Gasteiger partial charge is 0.357 e. The van der Waals surface area contributed by atoms with Crippen molar-refractivity contribution in [2.75, 3.05) is 18.5 Å². The average molecular weight is 263 g/mol. The molecule has 0 saturated heterocycles. The third kappa shape index (κ3) is 4.83. The van der Waals surface area contributed by atoms with Crippen LogP contribution in [0.3, 0.4) is 0 Å². The molecule has 3 heteroatoms. The number of nitrogens with one attached hydrogen (secondary N) is 1. The van der Waals surface area contributed by atoms with Crippen molar-refractivity contribution in [2.24, 2.45) is 0 Å². The second kappa shape index (κ2) is 8.16. The number of rotatable bonds is 8. The topological polar surface area (TPSA) is 28.2 Å². The van der Waals surface area contributed by atoms with Crippen LogP contribution in [0.2, 0.25) is 0 Å². The third-order valence-corrected chi connectivity index (χ3v) is 3.61. The number of nitrogens with zero attached hydrogens (tertiary/aromatic N) is 2. The highest BCUT2D eigenvalue weighted by molar-refractivity contribution is 5.43. The summed E-state index contributed by atoms with van der Waals surface area (Å²) in [5, 5.41) is 3.46. The van der Waals surface area contributed by atoms with Gasteiger partial charge in [0.1, 0.15) is 5.82 Å². The first-order chi connectivity index (χ1) is 9.12. The van der Waals surface area contributed by atoms with Crippen LogP contribution in [0.5, 0.6) is 0 Å². The molecule has 1 aromatic rings. The van der Waals surface area contributed by atoms with Crippen LogP contribution >= 0.6 is 0 Å². The molecule has 1 N–H and O–H groups in total. The molecule has 0 saturated carbocycles. The quantitative estimate of drug-likeness (QED) is 0.727. The summed E-state index contributed by atoms with van der Waals surface area (Å²) in [6.07, 6.45) is 3.49. The van der Waals surface area contributed by atoms with E-state index < -0.39 is 0 Å². The Kier molecular flexibility index (Phi) is 6.85. The second-order valence-corrected chi connectivity index (χ2v) is 5.23. The van der Waals surface area contributed by atoms with E-state index in [4.69, 9.17) is 0 Å². The van der Waals surface area contributed by atoms with Gasteiger partial charge in [-0.3, -0.25) is 0 Å². The zero-order valence-electron chi connectivity index (χ0n) is 13.2. The van der Waals surface area contributed by atoms with Gasteiger partial charge in [-0.25, -0.2) is 4.98 Å². The minimum absolute atomic E-state index is 0.575. The van der Waals surface area contributed by atoms with Gasteiger partial charge >= 0.3 is 0 Å². The maximum atomic E-state index is 4.68. The highest BCUT2D eigenvalue weighted by Gasteiger charge is 2.13. The monoisotopic (exact) mass is 263 g/mol. The first kappa shape index (κ1) is 16.0. The molecule has 0 aliphatic rings. The zero-order chi connectivity index (χ0) is 14.3. The maximum Gasteiger partial charge on any atom is 0.129 e. The third-order valence-electron chi connectivity index (χ3n) is 3.61. The van der Waals surface area contributed by atoms with Gasteiger partial charge in [-0.1, -0.05) is 20.8 Å². The second-order valence-electron chi connectivity index (χ2n) is 5.23. The Morgan fingerprint density at radius 3 is 2.47 bits per heavy atom. The van der Waals surface area contributed by atoms with Crippen molar-refractivity contribution in [3.63, 3.8) is 0 Å². The molecule has 0 aliphatic heterocycles. The van der Waals surface area contributed by atoms with E-state index in [2.05, 4.69) is 62.1 Å². The van der Waals surface area contributed by atoms with Gasteiger partial charge in [-0.15, -0.1) is 0 Å². The van der Waals surface area contributed by atoms with E-state index in [1.807, 2.05) is 0 Å². The number of anilines is 1. The Morgan fingerprint density at radius 2 is 1.89 bits per heavy atom. The molecular formula is C16H29N3. The van der Waals surface area contributed by atoms with Crippen LogP contribution in [0.25, 0.3) is 0 Å². The SMILES string of the molecule is CCCNCc1cc(C)nc(N(C)C(CC)CC)c1. The van der Waals surface area contributed by atoms with Gasteiger partial charge in [0.25, 0.3) is 0 Å². The molecule has 0 unspecified atom stereocenters. The molecule has 1 aromatic heterocycles. The lowest BCUT2D eigenvalue weighted by atomic mass is 10.1. The molecule has 0 radical (unpaired) electrons. The van der Waals surface area contributed by atoms with Crippen molar-refractivity contribution in [2.45, 2.75) is 59.5 Å². The lowest BCUT2D eigenvalue weighted by Crippen LogP contribution is -2.31. The van der Waals surface area contributed by atoms with Crippen molar-refractivity contribution in [3.8, 4) is 0 Å². The minimum atomic E-state index is 0.575. The molecule has 3 nitrogen and oxygen atoms in total. The predicted octanol–water partition coefficient (Wildman–Crippen LogP) is 3.51. The fourth-order valence-electron chi connectivity index (χ4n) is 2.44. The Morgan fingerprint density at radius 1 is 1.21 bits per heavy atom. The number of hydrogen-bond donors (Lipinski definition) is 1. The summed E-state index contributed by atoms with van der Waals surface area (Å²) in [4.78, 5) is 6.99. The molecule has 0 aromatic carbocycles. The lowest BCUT2D eigenvalue weighted by Gasteiger charge is -2.28. The van der Waals surface area contributed by atoms with E-state index >= 15 is 0 Å². The number of aromatic nitrogens is 1. The van der Waals surface area contributed by atoms with Gasteiger partial charge in [0.05, 0.1) is 0 Å². The molecule has 0 aliphatic carbocycles. The summed E-state index contributed by atoms with van der Waals surface area (Å²) in [6.45, 7) is 10.7. The summed E-state index contributed by atoms with van der Waals surface area (Å²) in [7, 11) is 2.16. The van der Waals surface area contributed by atoms with Crippen LogP contribution in [-0.2, 0) is 6.54 Å². The molecule has 0 bridgehead atoms. The van der Waals surface area contributed by atoms with Crippen molar-refractivity contribution in [1.82, 2.24) is 10.3 Å². The summed E-state index contributed by atoms with van der Waals surface area (Å²) in [5.41, 5.74) is 2.43. The smallest absolute Gasteiger partial charge is 0.129 e. The molecule has 0 spiro atoms. The van der Waals surface area contributed by atoms with Crippen LogP contribution in [-0.4, -0.2) is 24.6 Å². The standard InChI is InChI=1S/C16H29N3/c1-6-9-17-12-14-10-13(4)18-16(11-14)19(5)15(7-2)8-3/h10-11,15,17H,6-9,12H2,1-5H3. The number of hydrogen-bond acceptors (Lipinski definition) is 3. The number of pyridine rings is 1. The molecule has 19 heavy (non-hydrogen) atoms. The van der Waals surface area contributed by atoms with E-state index in [1.165, 1.54) is 12.0 Å². The van der Waals surface area contributed by atoms with E-state index in [-0.39, 0.29) is 0 Å². The highest BCUT2D eigenvalue weighted by atomic mass is 15.2. The average Bonchev–Trinajstić information content (AvgIpc) is 2.39. The molecule has 0 amide bonds. The van der Waals surface area contributed by atoms with Crippen LogP contribution in [0.1, 0.15) is 51.3 Å². The van der Waals surface area contributed by atoms with E-state index in [9.17, 15) is 0 Å². The van der Waals surface area contributed by atoms with Gasteiger partial charge < -0.3 is 10.2 Å². The Hall–Kier alpha value is -1.09. The lowest BCUT2D eigenvalue weighted by molar-refractivity contribution is 0.585. The molecule has 1 rings (SSSR count). The highest BCUT2D eigenvalue weighted by Crippen LogP contribution is 2.18. The maximum absolute atomic E-state index is 4.68. The van der Waals surface area contributed by atoms with Crippen molar-refractivity contribution >= 4 is 5.82 Å². The van der Waals surface area contributed by atoms with E-state index in [0.29, 0.717) is 6.04 Å². The zero-order valence-corrected chi connectivity index (χ0v) is 13.2. The van der Waals surface area contributed by atoms with Gasteiger partial charge in [-0.05, 0) is 50.4 Å². The summed E-state index contributed by atoms with van der Waals surface area (Å²) in [5.74, 6) is 1.10. The first-order valence-electron chi connectivity index (χ1n) is 7.53. The van der Waals surface area contributed by atoms with E-state index in [0.717, 1.165) is 37.4 Å². The predicted molar refractivity (Wildman–Crippen MR) is 83.7 cm³/mol. The van der Waals surface area contributed by atoms with Crippen molar-refractivity contribution in [1.29, 1.82) is 0 Å². The van der Waals surface area contributed by atoms with Crippen LogP contribution < -0.4 is 10.2 Å². The fraction of sp³-hybridized carbons (Fsp3) is 0.688. The van der Waals surface area contributed by atoms with Crippen molar-refractivity contribution in [3.05, 3.63) is 23.4 Å². The van der Waals surface area contributed by atoms with Gasteiger partial charge in [0.2, 0.25) is 0 Å².